The molecule has 2 aromatic heterocycles. The Morgan fingerprint density at radius 2 is 2.40 bits per heavy atom. The van der Waals surface area contributed by atoms with Gasteiger partial charge in [0, 0.05) is 17.5 Å². The van der Waals surface area contributed by atoms with E-state index in [0.29, 0.717) is 15.8 Å². The summed E-state index contributed by atoms with van der Waals surface area (Å²) in [5.41, 5.74) is 0.986. The summed E-state index contributed by atoms with van der Waals surface area (Å²) in [6, 6.07) is 0. The van der Waals surface area contributed by atoms with Crippen LogP contribution < -0.4 is 0 Å². The summed E-state index contributed by atoms with van der Waals surface area (Å²) in [6.07, 6.45) is 1.45. The van der Waals surface area contributed by atoms with Crippen LogP contribution in [0.1, 0.15) is 21.8 Å². The van der Waals surface area contributed by atoms with Gasteiger partial charge in [0.15, 0.2) is 0 Å². The van der Waals surface area contributed by atoms with E-state index in [1.807, 2.05) is 12.3 Å². The maximum atomic E-state index is 9.85. The fourth-order valence-electron chi connectivity index (χ4n) is 1.17. The molecule has 6 heteroatoms. The first-order chi connectivity index (χ1) is 7.15. The van der Waals surface area contributed by atoms with Crippen molar-refractivity contribution in [3.05, 3.63) is 31.6 Å². The molecule has 0 saturated heterocycles. The van der Waals surface area contributed by atoms with Gasteiger partial charge in [-0.15, -0.1) is 22.7 Å². The van der Waals surface area contributed by atoms with Crippen LogP contribution in [0, 0.1) is 6.92 Å². The minimum atomic E-state index is -0.604. The maximum absolute atomic E-state index is 9.85. The lowest BCUT2D eigenvalue weighted by molar-refractivity contribution is 0.178. The maximum Gasteiger partial charge on any atom is 0.123 e. The molecule has 0 fully saturated rings. The molecule has 3 nitrogen and oxygen atoms in total. The van der Waals surface area contributed by atoms with Gasteiger partial charge in [-0.2, -0.15) is 0 Å². The highest BCUT2D eigenvalue weighted by Crippen LogP contribution is 2.26. The largest absolute Gasteiger partial charge is 0.385 e. The molecule has 0 aliphatic carbocycles. The van der Waals surface area contributed by atoms with Crippen LogP contribution in [0.3, 0.4) is 0 Å². The molecule has 0 aromatic carbocycles. The third kappa shape index (κ3) is 2.75. The third-order valence-corrected chi connectivity index (χ3v) is 4.02. The molecule has 1 N–H and O–H groups in total. The topological polar surface area (TPSA) is 46.0 Å². The Morgan fingerprint density at radius 1 is 1.60 bits per heavy atom. The fraction of sp³-hybridized carbons (Fsp3) is 0.333. The van der Waals surface area contributed by atoms with E-state index in [0.717, 1.165) is 10.7 Å². The number of rotatable bonds is 3. The Morgan fingerprint density at radius 3 is 2.93 bits per heavy atom. The van der Waals surface area contributed by atoms with Gasteiger partial charge in [-0.1, -0.05) is 11.6 Å². The van der Waals surface area contributed by atoms with E-state index in [1.165, 1.54) is 11.3 Å². The van der Waals surface area contributed by atoms with Gasteiger partial charge in [0.2, 0.25) is 0 Å². The van der Waals surface area contributed by atoms with E-state index in [2.05, 4.69) is 9.97 Å². The first-order valence-electron chi connectivity index (χ1n) is 4.35. The zero-order valence-corrected chi connectivity index (χ0v) is 10.4. The molecule has 80 valence electrons. The van der Waals surface area contributed by atoms with E-state index in [1.54, 1.807) is 17.5 Å². The number of aryl methyl sites for hydroxylation is 1. The van der Waals surface area contributed by atoms with E-state index in [4.69, 9.17) is 11.6 Å². The first kappa shape index (κ1) is 11.0. The van der Waals surface area contributed by atoms with Crippen molar-refractivity contribution in [1.82, 2.24) is 9.97 Å². The fourth-order valence-corrected chi connectivity index (χ4v) is 2.90. The highest BCUT2D eigenvalue weighted by molar-refractivity contribution is 7.15. The predicted molar refractivity (Wildman–Crippen MR) is 62.6 cm³/mol. The van der Waals surface area contributed by atoms with Crippen LogP contribution in [0.25, 0.3) is 0 Å². The molecule has 0 aliphatic rings. The number of halogens is 1. The molecular weight excluding hydrogens is 252 g/mol. The lowest BCUT2D eigenvalue weighted by Crippen LogP contribution is -2.00. The molecule has 0 saturated carbocycles. The number of aliphatic hydroxyl groups excluding tert-OH is 1. The minimum Gasteiger partial charge on any atom is -0.385 e. The summed E-state index contributed by atoms with van der Waals surface area (Å²) >= 11 is 8.60. The number of hydrogen-bond donors (Lipinski definition) is 1. The molecular formula is C9H9ClN2OS2. The summed E-state index contributed by atoms with van der Waals surface area (Å²) in [4.78, 5) is 8.32. The summed E-state index contributed by atoms with van der Waals surface area (Å²) in [5, 5.41) is 13.4. The Kier molecular flexibility index (Phi) is 3.35. The van der Waals surface area contributed by atoms with Crippen molar-refractivity contribution in [1.29, 1.82) is 0 Å². The van der Waals surface area contributed by atoms with E-state index in [-0.39, 0.29) is 0 Å². The summed E-state index contributed by atoms with van der Waals surface area (Å²) in [6.45, 7) is 1.94. The molecule has 0 bridgehead atoms. The number of thiazole rings is 2. The second-order valence-electron chi connectivity index (χ2n) is 3.11. The van der Waals surface area contributed by atoms with Gasteiger partial charge in [-0.25, -0.2) is 9.97 Å². The highest BCUT2D eigenvalue weighted by atomic mass is 35.5. The van der Waals surface area contributed by atoms with Crippen LogP contribution in [0.2, 0.25) is 4.34 Å². The second-order valence-corrected chi connectivity index (χ2v) is 5.74. The van der Waals surface area contributed by atoms with Crippen LogP contribution in [0.5, 0.6) is 0 Å². The summed E-state index contributed by atoms with van der Waals surface area (Å²) in [7, 11) is 0. The average Bonchev–Trinajstić information content (AvgIpc) is 2.75. The normalized spacial score (nSPS) is 13.0. The second kappa shape index (κ2) is 4.57. The Hall–Kier alpha value is -0.490. The Bertz CT molecular complexity index is 454. The highest BCUT2D eigenvalue weighted by Gasteiger charge is 2.14. The number of aliphatic hydroxyl groups is 1. The van der Waals surface area contributed by atoms with Gasteiger partial charge in [-0.05, 0) is 6.92 Å². The molecule has 1 unspecified atom stereocenters. The Balaban J connectivity index is 2.06. The smallest absolute Gasteiger partial charge is 0.123 e. The molecule has 0 spiro atoms. The number of aromatic nitrogens is 2. The Labute approximate surface area is 100 Å². The van der Waals surface area contributed by atoms with Crippen LogP contribution >= 0.6 is 34.3 Å². The van der Waals surface area contributed by atoms with E-state index in [9.17, 15) is 5.11 Å². The van der Waals surface area contributed by atoms with Crippen molar-refractivity contribution in [3.63, 3.8) is 0 Å². The zero-order chi connectivity index (χ0) is 10.8. The zero-order valence-electron chi connectivity index (χ0n) is 7.98. The molecule has 0 radical (unpaired) electrons. The van der Waals surface area contributed by atoms with Crippen molar-refractivity contribution in [2.45, 2.75) is 19.4 Å². The number of nitrogens with zero attached hydrogens (tertiary/aromatic N) is 2. The minimum absolute atomic E-state index is 0.502. The molecule has 2 rings (SSSR count). The molecule has 2 heterocycles. The quantitative estimate of drug-likeness (QED) is 0.923. The van der Waals surface area contributed by atoms with Crippen molar-refractivity contribution in [3.8, 4) is 0 Å². The van der Waals surface area contributed by atoms with Gasteiger partial charge in [0.25, 0.3) is 0 Å². The predicted octanol–water partition coefficient (Wildman–Crippen LogP) is 2.84. The monoisotopic (exact) mass is 260 g/mol. The molecule has 0 aliphatic heterocycles. The SMILES string of the molecule is Cc1csc(CC(O)c2ncc(Cl)s2)n1. The van der Waals surface area contributed by atoms with Crippen LogP contribution in [0.15, 0.2) is 11.6 Å². The van der Waals surface area contributed by atoms with Crippen LogP contribution in [-0.4, -0.2) is 15.1 Å². The molecule has 1 atom stereocenters. The standard InChI is InChI=1S/C9H9ClN2OS2/c1-5-4-14-8(12-5)2-6(13)9-11-3-7(10)15-9/h3-4,6,13H,2H2,1H3. The van der Waals surface area contributed by atoms with Gasteiger partial charge in [0.1, 0.15) is 15.4 Å². The van der Waals surface area contributed by atoms with Gasteiger partial charge >= 0.3 is 0 Å². The van der Waals surface area contributed by atoms with E-state index >= 15 is 0 Å². The van der Waals surface area contributed by atoms with E-state index < -0.39 is 6.10 Å². The van der Waals surface area contributed by atoms with Crippen molar-refractivity contribution in [2.24, 2.45) is 0 Å². The van der Waals surface area contributed by atoms with Gasteiger partial charge < -0.3 is 5.11 Å². The average molecular weight is 261 g/mol. The van der Waals surface area contributed by atoms with Crippen molar-refractivity contribution >= 4 is 34.3 Å². The van der Waals surface area contributed by atoms with Crippen LogP contribution in [-0.2, 0) is 6.42 Å². The van der Waals surface area contributed by atoms with Gasteiger partial charge in [0.05, 0.1) is 11.2 Å². The third-order valence-electron chi connectivity index (χ3n) is 1.81. The first-order valence-corrected chi connectivity index (χ1v) is 6.43. The van der Waals surface area contributed by atoms with Crippen molar-refractivity contribution in [2.75, 3.05) is 0 Å². The van der Waals surface area contributed by atoms with Crippen LogP contribution in [0.4, 0.5) is 0 Å². The molecule has 15 heavy (non-hydrogen) atoms. The summed E-state index contributed by atoms with van der Waals surface area (Å²) in [5.74, 6) is 0. The number of hydrogen-bond acceptors (Lipinski definition) is 5. The lowest BCUT2D eigenvalue weighted by Gasteiger charge is -2.03. The lowest BCUT2D eigenvalue weighted by atomic mass is 10.3. The summed E-state index contributed by atoms with van der Waals surface area (Å²) < 4.78 is 0.597. The van der Waals surface area contributed by atoms with Crippen molar-refractivity contribution < 1.29 is 5.11 Å². The molecule has 2 aromatic rings. The van der Waals surface area contributed by atoms with Gasteiger partial charge in [-0.3, -0.25) is 0 Å². The molecule has 0 amide bonds.